The number of nitrogens with one attached hydrogen (secondary N) is 2. The lowest BCUT2D eigenvalue weighted by atomic mass is 10.1. The molecule has 0 spiro atoms. The third-order valence-corrected chi connectivity index (χ3v) is 5.56. The average Bonchev–Trinajstić information content (AvgIpc) is 2.83. The van der Waals surface area contributed by atoms with Gasteiger partial charge in [-0.1, -0.05) is 23.7 Å². The lowest BCUT2D eigenvalue weighted by Gasteiger charge is -2.14. The van der Waals surface area contributed by atoms with Crippen molar-refractivity contribution in [1.29, 1.82) is 0 Å². The van der Waals surface area contributed by atoms with Crippen LogP contribution in [0.1, 0.15) is 15.9 Å². The maximum atomic E-state index is 13.2. The molecule has 0 aromatic heterocycles. The molecule has 3 rings (SSSR count). The Kier molecular flexibility index (Phi) is 8.45. The van der Waals surface area contributed by atoms with Crippen LogP contribution < -0.4 is 20.1 Å². The highest BCUT2D eigenvalue weighted by atomic mass is 79.9. The molecule has 11 heteroatoms. The lowest BCUT2D eigenvalue weighted by molar-refractivity contribution is -0.384. The molecule has 0 aliphatic heterocycles. The van der Waals surface area contributed by atoms with Crippen LogP contribution in [0.15, 0.2) is 70.8 Å². The number of methoxy groups -OCH3 is 2. The lowest BCUT2D eigenvalue weighted by Crippen LogP contribution is -2.30. The van der Waals surface area contributed by atoms with E-state index in [4.69, 9.17) is 21.1 Å². The summed E-state index contributed by atoms with van der Waals surface area (Å²) in [4.78, 5) is 36.8. The van der Waals surface area contributed by atoms with Gasteiger partial charge < -0.3 is 20.1 Å². The molecule has 0 atom stereocenters. The summed E-state index contributed by atoms with van der Waals surface area (Å²) in [5.74, 6) is -0.404. The van der Waals surface area contributed by atoms with Crippen LogP contribution in [0, 0.1) is 10.1 Å². The van der Waals surface area contributed by atoms with Crippen molar-refractivity contribution in [2.45, 2.75) is 0 Å². The molecule has 0 heterocycles. The van der Waals surface area contributed by atoms with E-state index in [-0.39, 0.29) is 22.6 Å². The van der Waals surface area contributed by atoms with E-state index in [1.807, 2.05) is 0 Å². The standard InChI is InChI=1S/C24H19BrClN3O6/c1-34-21-8-6-15(12-18(21)25)23(30)28-20(11-14-4-3-5-17(10-14)29(32)33)24(31)27-19-13-16(26)7-9-22(19)35-2/h3-13H,1-2H3,(H,27,31)(H,28,30)/b20-11-. The third kappa shape index (κ3) is 6.58. The van der Waals surface area contributed by atoms with Crippen LogP contribution in [0.4, 0.5) is 11.4 Å². The summed E-state index contributed by atoms with van der Waals surface area (Å²) in [7, 11) is 2.93. The van der Waals surface area contributed by atoms with Gasteiger partial charge in [-0.2, -0.15) is 0 Å². The van der Waals surface area contributed by atoms with Crippen molar-refractivity contribution < 1.29 is 24.0 Å². The van der Waals surface area contributed by atoms with Crippen LogP contribution in [0.2, 0.25) is 5.02 Å². The summed E-state index contributed by atoms with van der Waals surface area (Å²) >= 11 is 9.37. The molecule has 2 N–H and O–H groups in total. The van der Waals surface area contributed by atoms with Crippen LogP contribution in [0.3, 0.4) is 0 Å². The van der Waals surface area contributed by atoms with Gasteiger partial charge in [0.1, 0.15) is 17.2 Å². The van der Waals surface area contributed by atoms with Crippen molar-refractivity contribution in [2.75, 3.05) is 19.5 Å². The van der Waals surface area contributed by atoms with Gasteiger partial charge in [0, 0.05) is 22.7 Å². The Morgan fingerprint density at radius 1 is 1.03 bits per heavy atom. The van der Waals surface area contributed by atoms with Gasteiger partial charge in [0.25, 0.3) is 17.5 Å². The molecule has 3 aromatic carbocycles. The zero-order valence-electron chi connectivity index (χ0n) is 18.5. The largest absolute Gasteiger partial charge is 0.496 e. The molecule has 0 saturated heterocycles. The predicted molar refractivity (Wildman–Crippen MR) is 136 cm³/mol. The highest BCUT2D eigenvalue weighted by molar-refractivity contribution is 9.10. The van der Waals surface area contributed by atoms with Crippen LogP contribution in [0.25, 0.3) is 6.08 Å². The number of ether oxygens (including phenoxy) is 2. The van der Waals surface area contributed by atoms with Crippen LogP contribution in [-0.4, -0.2) is 31.0 Å². The smallest absolute Gasteiger partial charge is 0.272 e. The molecule has 0 bridgehead atoms. The SMILES string of the molecule is COc1ccc(C(=O)N/C(=C\c2cccc([N+](=O)[O-])c2)C(=O)Nc2cc(Cl)ccc2OC)cc1Br. The number of hydrogen-bond acceptors (Lipinski definition) is 6. The molecule has 0 aliphatic rings. The molecule has 0 fully saturated rings. The Balaban J connectivity index is 1.98. The number of nitro benzene ring substituents is 1. The fourth-order valence-corrected chi connectivity index (χ4v) is 3.74. The molecule has 180 valence electrons. The minimum Gasteiger partial charge on any atom is -0.496 e. The van der Waals surface area contributed by atoms with E-state index in [9.17, 15) is 19.7 Å². The Morgan fingerprint density at radius 3 is 2.40 bits per heavy atom. The molecule has 35 heavy (non-hydrogen) atoms. The number of hydrogen-bond donors (Lipinski definition) is 2. The molecule has 0 aliphatic carbocycles. The first-order valence-electron chi connectivity index (χ1n) is 9.97. The third-order valence-electron chi connectivity index (χ3n) is 4.71. The molecule has 9 nitrogen and oxygen atoms in total. The molecule has 3 aromatic rings. The summed E-state index contributed by atoms with van der Waals surface area (Å²) in [6.45, 7) is 0. The maximum Gasteiger partial charge on any atom is 0.272 e. The Labute approximate surface area is 214 Å². The van der Waals surface area contributed by atoms with Gasteiger partial charge in [-0.3, -0.25) is 19.7 Å². The summed E-state index contributed by atoms with van der Waals surface area (Å²) < 4.78 is 11.0. The van der Waals surface area contributed by atoms with E-state index in [1.165, 1.54) is 56.7 Å². The van der Waals surface area contributed by atoms with Gasteiger partial charge in [-0.05, 0) is 64.0 Å². The van der Waals surface area contributed by atoms with Crippen LogP contribution >= 0.6 is 27.5 Å². The van der Waals surface area contributed by atoms with E-state index >= 15 is 0 Å². The minimum atomic E-state index is -0.696. The number of carbonyl (C=O) groups excluding carboxylic acids is 2. The highest BCUT2D eigenvalue weighted by Gasteiger charge is 2.18. The van der Waals surface area contributed by atoms with Crippen LogP contribution in [0.5, 0.6) is 11.5 Å². The highest BCUT2D eigenvalue weighted by Crippen LogP contribution is 2.29. The number of benzene rings is 3. The topological polar surface area (TPSA) is 120 Å². The quantitative estimate of drug-likeness (QED) is 0.215. The van der Waals surface area contributed by atoms with Crippen molar-refractivity contribution in [3.8, 4) is 11.5 Å². The van der Waals surface area contributed by atoms with E-state index in [1.54, 1.807) is 24.3 Å². The number of carbonyl (C=O) groups is 2. The number of nitro groups is 1. The second kappa shape index (κ2) is 11.5. The summed E-state index contributed by atoms with van der Waals surface area (Å²) in [5.41, 5.74) is 0.524. The number of amides is 2. The second-order valence-corrected chi connectivity index (χ2v) is 8.30. The van der Waals surface area contributed by atoms with Crippen molar-refractivity contribution >= 4 is 56.8 Å². The van der Waals surface area contributed by atoms with Gasteiger partial charge in [0.05, 0.1) is 29.3 Å². The fraction of sp³-hybridized carbons (Fsp3) is 0.0833. The Hall–Kier alpha value is -3.89. The molecule has 2 amide bonds. The zero-order chi connectivity index (χ0) is 25.5. The monoisotopic (exact) mass is 559 g/mol. The summed E-state index contributed by atoms with van der Waals surface area (Å²) in [6, 6.07) is 15.0. The first-order valence-corrected chi connectivity index (χ1v) is 11.1. The number of anilines is 1. The summed E-state index contributed by atoms with van der Waals surface area (Å²) in [6.07, 6.45) is 1.33. The Bertz CT molecular complexity index is 1330. The summed E-state index contributed by atoms with van der Waals surface area (Å²) in [5, 5.41) is 16.7. The van der Waals surface area contributed by atoms with Crippen molar-refractivity contribution in [2.24, 2.45) is 0 Å². The van der Waals surface area contributed by atoms with Crippen molar-refractivity contribution in [3.63, 3.8) is 0 Å². The molecule has 0 saturated carbocycles. The van der Waals surface area contributed by atoms with Gasteiger partial charge in [-0.25, -0.2) is 0 Å². The molecular weight excluding hydrogens is 542 g/mol. The molecule has 0 radical (unpaired) electrons. The van der Waals surface area contributed by atoms with Gasteiger partial charge in [-0.15, -0.1) is 0 Å². The van der Waals surface area contributed by atoms with Gasteiger partial charge in [0.15, 0.2) is 0 Å². The molecule has 0 unspecified atom stereocenters. The fourth-order valence-electron chi connectivity index (χ4n) is 3.02. The second-order valence-electron chi connectivity index (χ2n) is 7.01. The van der Waals surface area contributed by atoms with Crippen LogP contribution in [-0.2, 0) is 4.79 Å². The van der Waals surface area contributed by atoms with E-state index < -0.39 is 16.7 Å². The van der Waals surface area contributed by atoms with Gasteiger partial charge in [0.2, 0.25) is 0 Å². The van der Waals surface area contributed by atoms with Crippen molar-refractivity contribution in [3.05, 3.63) is 97.1 Å². The number of nitrogens with zero attached hydrogens (tertiary/aromatic N) is 1. The first kappa shape index (κ1) is 25.7. The van der Waals surface area contributed by atoms with E-state index in [2.05, 4.69) is 26.6 Å². The number of non-ortho nitro benzene ring substituents is 1. The van der Waals surface area contributed by atoms with Crippen molar-refractivity contribution in [1.82, 2.24) is 5.32 Å². The first-order chi connectivity index (χ1) is 16.7. The molecular formula is C24H19BrClN3O6. The van der Waals surface area contributed by atoms with E-state index in [0.29, 0.717) is 26.6 Å². The normalized spacial score (nSPS) is 10.9. The zero-order valence-corrected chi connectivity index (χ0v) is 20.8. The maximum absolute atomic E-state index is 13.2. The number of halogens is 2. The minimum absolute atomic E-state index is 0.163. The average molecular weight is 561 g/mol. The van der Waals surface area contributed by atoms with E-state index in [0.717, 1.165) is 0 Å². The Morgan fingerprint density at radius 2 is 1.74 bits per heavy atom. The predicted octanol–water partition coefficient (Wildman–Crippen LogP) is 5.44. The number of rotatable bonds is 8. The van der Waals surface area contributed by atoms with Gasteiger partial charge >= 0.3 is 0 Å².